The van der Waals surface area contributed by atoms with E-state index in [1.807, 2.05) is 0 Å². The molecule has 0 aromatic heterocycles. The number of hydrogen-bond acceptors (Lipinski definition) is 3. The molecule has 0 aromatic rings. The minimum atomic E-state index is -5.56. The summed E-state index contributed by atoms with van der Waals surface area (Å²) in [7, 11) is 0. The first kappa shape index (κ1) is 20.0. The number of carboxylic acids is 1. The maximum atomic E-state index is 12.2. The lowest BCUT2D eigenvalue weighted by molar-refractivity contribution is -0.321. The Bertz CT molecular complexity index is 330. The van der Waals surface area contributed by atoms with Gasteiger partial charge in [0.2, 0.25) is 6.10 Å². The van der Waals surface area contributed by atoms with Crippen LogP contribution in [0.4, 0.5) is 26.3 Å². The van der Waals surface area contributed by atoms with Crippen LogP contribution in [-0.4, -0.2) is 48.2 Å². The summed E-state index contributed by atoms with van der Waals surface area (Å²) in [4.78, 5) is 11.0. The van der Waals surface area contributed by atoms with E-state index >= 15 is 0 Å². The topological polar surface area (TPSA) is 58.6 Å². The van der Waals surface area contributed by atoms with Gasteiger partial charge in [0.05, 0.1) is 0 Å². The predicted molar refractivity (Wildman–Crippen MR) is 60.8 cm³/mol. The molecule has 0 aliphatic heterocycles. The van der Waals surface area contributed by atoms with E-state index in [0.717, 1.165) is 0 Å². The summed E-state index contributed by atoms with van der Waals surface area (Å²) in [6, 6.07) is 0. The van der Waals surface area contributed by atoms with Gasteiger partial charge in [0, 0.05) is 6.61 Å². The Balaban J connectivity index is 4.50. The molecule has 0 saturated heterocycles. The van der Waals surface area contributed by atoms with Crippen LogP contribution in [0, 0.1) is 0 Å². The fraction of sp³-hybridized carbons (Fsp3) is 0.909. The molecule has 0 aliphatic rings. The normalized spacial score (nSPS) is 16.0. The SMILES string of the molecule is CCNC(C)(CCCOC(C(F)(F)F)C(F)(F)F)C(=O)O. The third-order valence-electron chi connectivity index (χ3n) is 2.74. The summed E-state index contributed by atoms with van der Waals surface area (Å²) >= 11 is 0. The van der Waals surface area contributed by atoms with Crippen LogP contribution in [0.25, 0.3) is 0 Å². The quantitative estimate of drug-likeness (QED) is 0.532. The largest absolute Gasteiger partial charge is 0.480 e. The summed E-state index contributed by atoms with van der Waals surface area (Å²) in [5.74, 6) is -1.24. The van der Waals surface area contributed by atoms with Gasteiger partial charge in [-0.25, -0.2) is 0 Å². The third-order valence-corrected chi connectivity index (χ3v) is 2.74. The zero-order valence-electron chi connectivity index (χ0n) is 11.4. The van der Waals surface area contributed by atoms with Crippen LogP contribution < -0.4 is 5.32 Å². The molecule has 21 heavy (non-hydrogen) atoms. The van der Waals surface area contributed by atoms with Gasteiger partial charge in [-0.05, 0) is 26.3 Å². The first-order valence-electron chi connectivity index (χ1n) is 6.08. The molecule has 1 unspecified atom stereocenters. The number of likely N-dealkylation sites (N-methyl/N-ethyl adjacent to an activating group) is 1. The Labute approximate surface area is 117 Å². The highest BCUT2D eigenvalue weighted by Gasteiger charge is 2.57. The second-order valence-electron chi connectivity index (χ2n) is 4.61. The standard InChI is InChI=1S/C11H17F6NO3/c1-3-18-9(2,8(19)20)5-4-6-21-7(10(12,13)14)11(15,16)17/h7,18H,3-6H2,1-2H3,(H,19,20). The number of carboxylic acid groups (broad SMARTS) is 1. The Kier molecular flexibility index (Phi) is 6.94. The number of halogens is 6. The molecule has 2 N–H and O–H groups in total. The Morgan fingerprint density at radius 3 is 2.00 bits per heavy atom. The number of rotatable bonds is 8. The smallest absolute Gasteiger partial charge is 0.423 e. The van der Waals surface area contributed by atoms with Gasteiger partial charge in [0.15, 0.2) is 0 Å². The minimum Gasteiger partial charge on any atom is -0.480 e. The Morgan fingerprint density at radius 2 is 1.67 bits per heavy atom. The molecule has 0 aliphatic carbocycles. The first-order chi connectivity index (χ1) is 9.34. The maximum Gasteiger partial charge on any atom is 0.423 e. The molecule has 0 spiro atoms. The molecule has 10 heteroatoms. The van der Waals surface area contributed by atoms with E-state index < -0.39 is 36.6 Å². The van der Waals surface area contributed by atoms with Crippen molar-refractivity contribution in [1.82, 2.24) is 5.32 Å². The van der Waals surface area contributed by atoms with Crippen molar-refractivity contribution in [3.05, 3.63) is 0 Å². The average molecular weight is 325 g/mol. The highest BCUT2D eigenvalue weighted by molar-refractivity contribution is 5.78. The van der Waals surface area contributed by atoms with Gasteiger partial charge in [-0.1, -0.05) is 6.92 Å². The molecule has 0 radical (unpaired) electrons. The summed E-state index contributed by atoms with van der Waals surface area (Å²) in [5, 5.41) is 11.6. The van der Waals surface area contributed by atoms with Crippen molar-refractivity contribution in [3.8, 4) is 0 Å². The van der Waals surface area contributed by atoms with E-state index in [1.165, 1.54) is 6.92 Å². The first-order valence-corrected chi connectivity index (χ1v) is 6.08. The lowest BCUT2D eigenvalue weighted by Gasteiger charge is -2.27. The van der Waals surface area contributed by atoms with Crippen LogP contribution in [0.15, 0.2) is 0 Å². The second-order valence-corrected chi connectivity index (χ2v) is 4.61. The van der Waals surface area contributed by atoms with E-state index in [-0.39, 0.29) is 19.4 Å². The van der Waals surface area contributed by atoms with E-state index in [2.05, 4.69) is 10.1 Å². The molecule has 0 saturated carbocycles. The van der Waals surface area contributed by atoms with Crippen LogP contribution in [0.5, 0.6) is 0 Å². The third kappa shape index (κ3) is 6.51. The lowest BCUT2D eigenvalue weighted by Crippen LogP contribution is -2.49. The maximum absolute atomic E-state index is 12.2. The molecule has 0 aromatic carbocycles. The van der Waals surface area contributed by atoms with E-state index in [9.17, 15) is 31.1 Å². The highest BCUT2D eigenvalue weighted by Crippen LogP contribution is 2.35. The Morgan fingerprint density at radius 1 is 1.19 bits per heavy atom. The summed E-state index contributed by atoms with van der Waals surface area (Å²) in [6.45, 7) is 2.36. The van der Waals surface area contributed by atoms with Gasteiger partial charge in [0.1, 0.15) is 5.54 Å². The highest BCUT2D eigenvalue weighted by atomic mass is 19.4. The van der Waals surface area contributed by atoms with Gasteiger partial charge in [-0.2, -0.15) is 26.3 Å². The Hall–Kier alpha value is -1.03. The van der Waals surface area contributed by atoms with Crippen LogP contribution in [0.3, 0.4) is 0 Å². The van der Waals surface area contributed by atoms with Gasteiger partial charge in [-0.15, -0.1) is 0 Å². The van der Waals surface area contributed by atoms with Crippen molar-refractivity contribution in [3.63, 3.8) is 0 Å². The fourth-order valence-corrected chi connectivity index (χ4v) is 1.66. The van der Waals surface area contributed by atoms with Crippen LogP contribution >= 0.6 is 0 Å². The van der Waals surface area contributed by atoms with Crippen molar-refractivity contribution in [2.75, 3.05) is 13.2 Å². The molecule has 0 rings (SSSR count). The van der Waals surface area contributed by atoms with Gasteiger partial charge in [0.25, 0.3) is 0 Å². The number of aliphatic carboxylic acids is 1. The van der Waals surface area contributed by atoms with Crippen molar-refractivity contribution in [2.24, 2.45) is 0 Å². The summed E-state index contributed by atoms with van der Waals surface area (Å²) in [5.41, 5.74) is -1.43. The molecule has 0 heterocycles. The van der Waals surface area contributed by atoms with E-state index in [4.69, 9.17) is 5.11 Å². The van der Waals surface area contributed by atoms with Crippen molar-refractivity contribution in [2.45, 2.75) is 50.7 Å². The summed E-state index contributed by atoms with van der Waals surface area (Å²) in [6.07, 6.45) is -15.4. The van der Waals surface area contributed by atoms with Crippen molar-refractivity contribution >= 4 is 5.97 Å². The number of carbonyl (C=O) groups is 1. The molecule has 126 valence electrons. The number of ether oxygens (including phenoxy) is 1. The fourth-order valence-electron chi connectivity index (χ4n) is 1.66. The summed E-state index contributed by atoms with van der Waals surface area (Å²) < 4.78 is 76.9. The average Bonchev–Trinajstić information content (AvgIpc) is 2.25. The van der Waals surface area contributed by atoms with Crippen molar-refractivity contribution in [1.29, 1.82) is 0 Å². The predicted octanol–water partition coefficient (Wildman–Crippen LogP) is 2.73. The zero-order valence-corrected chi connectivity index (χ0v) is 11.4. The number of alkyl halides is 6. The second kappa shape index (κ2) is 7.30. The van der Waals surface area contributed by atoms with E-state index in [0.29, 0.717) is 0 Å². The van der Waals surface area contributed by atoms with Crippen molar-refractivity contribution < 1.29 is 41.0 Å². The molecule has 0 fully saturated rings. The molecule has 4 nitrogen and oxygen atoms in total. The van der Waals surface area contributed by atoms with Gasteiger partial charge < -0.3 is 15.2 Å². The van der Waals surface area contributed by atoms with E-state index in [1.54, 1.807) is 6.92 Å². The molecule has 0 bridgehead atoms. The monoisotopic (exact) mass is 325 g/mol. The minimum absolute atomic E-state index is 0.168. The lowest BCUT2D eigenvalue weighted by atomic mass is 9.96. The van der Waals surface area contributed by atoms with Gasteiger partial charge >= 0.3 is 18.3 Å². The van der Waals surface area contributed by atoms with Gasteiger partial charge in [-0.3, -0.25) is 4.79 Å². The molecular weight excluding hydrogens is 308 g/mol. The zero-order chi connectivity index (χ0) is 16.9. The number of nitrogens with one attached hydrogen (secondary N) is 1. The molecule has 1 atom stereocenters. The van der Waals surface area contributed by atoms with Crippen LogP contribution in [0.2, 0.25) is 0 Å². The number of hydrogen-bond donors (Lipinski definition) is 2. The van der Waals surface area contributed by atoms with Crippen LogP contribution in [-0.2, 0) is 9.53 Å². The van der Waals surface area contributed by atoms with Crippen LogP contribution in [0.1, 0.15) is 26.7 Å². The molecule has 0 amide bonds. The molecular formula is C11H17F6NO3.